The molecule has 1 aliphatic rings. The zero-order valence-corrected chi connectivity index (χ0v) is 14.1. The molecule has 0 spiro atoms. The molecule has 5 nitrogen and oxygen atoms in total. The SMILES string of the molecule is COc1ccc(C(=O)NCCc2csc(N3CCCC3)n2)cc1. The number of benzene rings is 1. The molecule has 23 heavy (non-hydrogen) atoms. The maximum atomic E-state index is 12.1. The number of nitrogens with zero attached hydrogens (tertiary/aromatic N) is 2. The maximum absolute atomic E-state index is 12.1. The van der Waals surface area contributed by atoms with Crippen LogP contribution in [0.4, 0.5) is 5.13 Å². The first-order chi connectivity index (χ1) is 11.3. The second-order valence-electron chi connectivity index (χ2n) is 5.55. The number of carbonyl (C=O) groups is 1. The molecule has 0 atom stereocenters. The summed E-state index contributed by atoms with van der Waals surface area (Å²) in [6.07, 6.45) is 3.27. The van der Waals surface area contributed by atoms with Gasteiger partial charge in [0.2, 0.25) is 0 Å². The highest BCUT2D eigenvalue weighted by molar-refractivity contribution is 7.13. The highest BCUT2D eigenvalue weighted by Crippen LogP contribution is 2.24. The van der Waals surface area contributed by atoms with Crippen molar-refractivity contribution in [2.24, 2.45) is 0 Å². The van der Waals surface area contributed by atoms with Gasteiger partial charge in [0, 0.05) is 37.0 Å². The van der Waals surface area contributed by atoms with Crippen molar-refractivity contribution in [2.45, 2.75) is 19.3 Å². The van der Waals surface area contributed by atoms with Crippen LogP contribution in [0.1, 0.15) is 28.9 Å². The number of amides is 1. The molecule has 0 bridgehead atoms. The lowest BCUT2D eigenvalue weighted by molar-refractivity contribution is 0.0954. The van der Waals surface area contributed by atoms with E-state index < -0.39 is 0 Å². The first kappa shape index (κ1) is 15.8. The number of ether oxygens (including phenoxy) is 1. The molecule has 2 heterocycles. The molecule has 1 aliphatic heterocycles. The van der Waals surface area contributed by atoms with Gasteiger partial charge in [-0.2, -0.15) is 0 Å². The van der Waals surface area contributed by atoms with E-state index in [-0.39, 0.29) is 5.91 Å². The third-order valence-electron chi connectivity index (χ3n) is 3.94. The first-order valence-electron chi connectivity index (χ1n) is 7.88. The van der Waals surface area contributed by atoms with Crippen molar-refractivity contribution in [3.63, 3.8) is 0 Å². The summed E-state index contributed by atoms with van der Waals surface area (Å²) in [5, 5.41) is 6.14. The summed E-state index contributed by atoms with van der Waals surface area (Å²) in [5.74, 6) is 0.682. The highest BCUT2D eigenvalue weighted by Gasteiger charge is 2.15. The lowest BCUT2D eigenvalue weighted by Gasteiger charge is -2.12. The largest absolute Gasteiger partial charge is 0.497 e. The summed E-state index contributed by atoms with van der Waals surface area (Å²) in [6.45, 7) is 2.82. The fraction of sp³-hybridized carbons (Fsp3) is 0.412. The molecule has 0 saturated carbocycles. The van der Waals surface area contributed by atoms with E-state index in [1.165, 1.54) is 12.8 Å². The molecule has 1 fully saturated rings. The molecule has 0 aliphatic carbocycles. The second kappa shape index (κ2) is 7.46. The molecule has 2 aromatic rings. The molecule has 3 rings (SSSR count). The van der Waals surface area contributed by atoms with Crippen molar-refractivity contribution in [2.75, 3.05) is 31.6 Å². The van der Waals surface area contributed by atoms with E-state index in [4.69, 9.17) is 4.74 Å². The van der Waals surface area contributed by atoms with Crippen LogP contribution in [0.25, 0.3) is 0 Å². The molecular weight excluding hydrogens is 310 g/mol. The van der Waals surface area contributed by atoms with E-state index in [0.717, 1.165) is 36.1 Å². The lowest BCUT2D eigenvalue weighted by Crippen LogP contribution is -2.25. The first-order valence-corrected chi connectivity index (χ1v) is 8.76. The molecule has 1 aromatic heterocycles. The van der Waals surface area contributed by atoms with E-state index in [0.29, 0.717) is 12.1 Å². The van der Waals surface area contributed by atoms with Crippen molar-refractivity contribution >= 4 is 22.4 Å². The van der Waals surface area contributed by atoms with Gasteiger partial charge in [-0.25, -0.2) is 4.98 Å². The molecule has 1 saturated heterocycles. The predicted octanol–water partition coefficient (Wildman–Crippen LogP) is 2.72. The second-order valence-corrected chi connectivity index (χ2v) is 6.39. The Balaban J connectivity index is 1.47. The van der Waals surface area contributed by atoms with Crippen molar-refractivity contribution < 1.29 is 9.53 Å². The van der Waals surface area contributed by atoms with E-state index >= 15 is 0 Å². The van der Waals surface area contributed by atoms with Crippen molar-refractivity contribution in [1.82, 2.24) is 10.3 Å². The van der Waals surface area contributed by atoms with Gasteiger partial charge in [-0.05, 0) is 37.1 Å². The van der Waals surface area contributed by atoms with Crippen LogP contribution in [-0.2, 0) is 6.42 Å². The van der Waals surface area contributed by atoms with Gasteiger partial charge in [-0.15, -0.1) is 11.3 Å². The molecule has 1 amide bonds. The summed E-state index contributed by atoms with van der Waals surface area (Å²) >= 11 is 1.69. The van der Waals surface area contributed by atoms with E-state index in [2.05, 4.69) is 20.6 Å². The monoisotopic (exact) mass is 331 g/mol. The van der Waals surface area contributed by atoms with Crippen LogP contribution in [0.5, 0.6) is 5.75 Å². The predicted molar refractivity (Wildman–Crippen MR) is 92.6 cm³/mol. The van der Waals surface area contributed by atoms with E-state index in [1.54, 1.807) is 42.7 Å². The summed E-state index contributed by atoms with van der Waals surface area (Å²) in [6, 6.07) is 7.11. The number of hydrogen-bond acceptors (Lipinski definition) is 5. The Morgan fingerprint density at radius 3 is 2.74 bits per heavy atom. The number of methoxy groups -OCH3 is 1. The van der Waals surface area contributed by atoms with Crippen LogP contribution in [0.2, 0.25) is 0 Å². The van der Waals surface area contributed by atoms with Gasteiger partial charge in [0.05, 0.1) is 12.8 Å². The van der Waals surface area contributed by atoms with Crippen LogP contribution in [0.15, 0.2) is 29.6 Å². The Bertz CT molecular complexity index is 648. The summed E-state index contributed by atoms with van der Waals surface area (Å²) in [7, 11) is 1.61. The lowest BCUT2D eigenvalue weighted by atomic mass is 10.2. The number of carbonyl (C=O) groups excluding carboxylic acids is 1. The van der Waals surface area contributed by atoms with Crippen LogP contribution in [0, 0.1) is 0 Å². The normalized spacial score (nSPS) is 14.0. The number of rotatable bonds is 6. The number of hydrogen-bond donors (Lipinski definition) is 1. The minimum Gasteiger partial charge on any atom is -0.497 e. The zero-order valence-electron chi connectivity index (χ0n) is 13.2. The zero-order chi connectivity index (χ0) is 16.1. The molecule has 1 N–H and O–H groups in total. The maximum Gasteiger partial charge on any atom is 0.251 e. The fourth-order valence-electron chi connectivity index (χ4n) is 2.61. The smallest absolute Gasteiger partial charge is 0.251 e. The molecule has 1 aromatic carbocycles. The number of aromatic nitrogens is 1. The Morgan fingerprint density at radius 2 is 2.04 bits per heavy atom. The Hall–Kier alpha value is -2.08. The minimum absolute atomic E-state index is 0.0670. The van der Waals surface area contributed by atoms with Crippen LogP contribution >= 0.6 is 11.3 Å². The summed E-state index contributed by atoms with van der Waals surface area (Å²) in [4.78, 5) is 19.1. The van der Waals surface area contributed by atoms with E-state index in [9.17, 15) is 4.79 Å². The van der Waals surface area contributed by atoms with Crippen molar-refractivity contribution in [3.05, 3.63) is 40.9 Å². The van der Waals surface area contributed by atoms with Gasteiger partial charge in [-0.3, -0.25) is 4.79 Å². The Morgan fingerprint density at radius 1 is 1.30 bits per heavy atom. The van der Waals surface area contributed by atoms with Gasteiger partial charge in [0.25, 0.3) is 5.91 Å². The summed E-state index contributed by atoms with van der Waals surface area (Å²) < 4.78 is 5.09. The minimum atomic E-state index is -0.0670. The van der Waals surface area contributed by atoms with Gasteiger partial charge < -0.3 is 15.0 Å². The Kier molecular flexibility index (Phi) is 5.12. The number of anilines is 1. The van der Waals surface area contributed by atoms with Gasteiger partial charge in [-0.1, -0.05) is 0 Å². The highest BCUT2D eigenvalue weighted by atomic mass is 32.1. The molecule has 6 heteroatoms. The molecular formula is C17H21N3O2S. The topological polar surface area (TPSA) is 54.5 Å². The fourth-order valence-corrected chi connectivity index (χ4v) is 3.53. The number of nitrogens with one attached hydrogen (secondary N) is 1. The van der Waals surface area contributed by atoms with Crippen LogP contribution in [-0.4, -0.2) is 37.6 Å². The average molecular weight is 331 g/mol. The van der Waals surface area contributed by atoms with Gasteiger partial charge in [0.1, 0.15) is 5.75 Å². The number of thiazole rings is 1. The third kappa shape index (κ3) is 4.01. The quantitative estimate of drug-likeness (QED) is 0.884. The molecule has 122 valence electrons. The standard InChI is InChI=1S/C17H21N3O2S/c1-22-15-6-4-13(5-7-15)16(21)18-9-8-14-12-23-17(19-14)20-10-2-3-11-20/h4-7,12H,2-3,8-11H2,1H3,(H,18,21). The van der Waals surface area contributed by atoms with Crippen molar-refractivity contribution in [1.29, 1.82) is 0 Å². The van der Waals surface area contributed by atoms with Crippen LogP contribution < -0.4 is 15.0 Å². The van der Waals surface area contributed by atoms with Crippen LogP contribution in [0.3, 0.4) is 0 Å². The molecule has 0 radical (unpaired) electrons. The third-order valence-corrected chi connectivity index (χ3v) is 4.89. The summed E-state index contributed by atoms with van der Waals surface area (Å²) in [5.41, 5.74) is 1.69. The Labute approximate surface area is 140 Å². The van der Waals surface area contributed by atoms with E-state index in [1.807, 2.05) is 0 Å². The van der Waals surface area contributed by atoms with Crippen molar-refractivity contribution in [3.8, 4) is 5.75 Å². The van der Waals surface area contributed by atoms with Gasteiger partial charge in [0.15, 0.2) is 5.13 Å². The average Bonchev–Trinajstić information content (AvgIpc) is 3.26. The molecule has 0 unspecified atom stereocenters. The van der Waals surface area contributed by atoms with Gasteiger partial charge >= 0.3 is 0 Å².